The second kappa shape index (κ2) is 5.61. The van der Waals surface area contributed by atoms with Gasteiger partial charge in [0.05, 0.1) is 5.71 Å². The number of piperidine rings is 1. The third-order valence-electron chi connectivity index (χ3n) is 3.61. The molecule has 1 N–H and O–H groups in total. The summed E-state index contributed by atoms with van der Waals surface area (Å²) in [4.78, 5) is 14.3. The zero-order valence-electron chi connectivity index (χ0n) is 11.1. The third-order valence-corrected chi connectivity index (χ3v) is 4.02. The van der Waals surface area contributed by atoms with Gasteiger partial charge in [0.2, 0.25) is 0 Å². The fourth-order valence-electron chi connectivity index (χ4n) is 2.37. The molecule has 0 saturated carbocycles. The molecular weight excluding hydrogens is 264 g/mol. The molecule has 1 heterocycles. The van der Waals surface area contributed by atoms with Crippen molar-refractivity contribution in [1.82, 2.24) is 4.90 Å². The van der Waals surface area contributed by atoms with E-state index in [1.165, 1.54) is 0 Å². The maximum atomic E-state index is 12.5. The SMILES string of the molecule is Cc1c(Cl)cccc1C(=O)N1CC/C(=N\O)C(C)C1. The van der Waals surface area contributed by atoms with Crippen molar-refractivity contribution >= 4 is 23.2 Å². The van der Waals surface area contributed by atoms with Crippen molar-refractivity contribution in [2.75, 3.05) is 13.1 Å². The van der Waals surface area contributed by atoms with Gasteiger partial charge in [0.15, 0.2) is 0 Å². The second-order valence-electron chi connectivity index (χ2n) is 4.91. The van der Waals surface area contributed by atoms with E-state index >= 15 is 0 Å². The number of rotatable bonds is 1. The summed E-state index contributed by atoms with van der Waals surface area (Å²) in [5, 5.41) is 12.7. The van der Waals surface area contributed by atoms with E-state index in [1.807, 2.05) is 13.8 Å². The van der Waals surface area contributed by atoms with Crippen LogP contribution in [0.3, 0.4) is 0 Å². The molecule has 1 saturated heterocycles. The highest BCUT2D eigenvalue weighted by molar-refractivity contribution is 6.31. The van der Waals surface area contributed by atoms with Crippen molar-refractivity contribution in [3.05, 3.63) is 34.3 Å². The fraction of sp³-hybridized carbons (Fsp3) is 0.429. The Morgan fingerprint density at radius 3 is 2.89 bits per heavy atom. The number of nitrogens with zero attached hydrogens (tertiary/aromatic N) is 2. The average molecular weight is 281 g/mol. The highest BCUT2D eigenvalue weighted by Crippen LogP contribution is 2.22. The Bertz CT molecular complexity index is 528. The Morgan fingerprint density at radius 1 is 1.53 bits per heavy atom. The lowest BCUT2D eigenvalue weighted by molar-refractivity contribution is 0.0733. The number of benzene rings is 1. The average Bonchev–Trinajstić information content (AvgIpc) is 2.41. The zero-order valence-corrected chi connectivity index (χ0v) is 11.8. The smallest absolute Gasteiger partial charge is 0.254 e. The van der Waals surface area contributed by atoms with Crippen LogP contribution in [0.2, 0.25) is 5.02 Å². The molecule has 1 aromatic carbocycles. The van der Waals surface area contributed by atoms with E-state index in [9.17, 15) is 4.79 Å². The van der Waals surface area contributed by atoms with Gasteiger partial charge < -0.3 is 10.1 Å². The Labute approximate surface area is 117 Å². The lowest BCUT2D eigenvalue weighted by Gasteiger charge is -2.32. The fourth-order valence-corrected chi connectivity index (χ4v) is 2.54. The number of carbonyl (C=O) groups excluding carboxylic acids is 1. The molecule has 0 radical (unpaired) electrons. The minimum absolute atomic E-state index is 0.0103. The van der Waals surface area contributed by atoms with Crippen molar-refractivity contribution in [3.8, 4) is 0 Å². The van der Waals surface area contributed by atoms with Gasteiger partial charge in [-0.1, -0.05) is 29.7 Å². The van der Waals surface area contributed by atoms with Gasteiger partial charge in [-0.15, -0.1) is 0 Å². The first-order valence-corrected chi connectivity index (χ1v) is 6.67. The van der Waals surface area contributed by atoms with Crippen molar-refractivity contribution in [1.29, 1.82) is 0 Å². The van der Waals surface area contributed by atoms with Crippen LogP contribution in [0, 0.1) is 12.8 Å². The Morgan fingerprint density at radius 2 is 2.26 bits per heavy atom. The van der Waals surface area contributed by atoms with Gasteiger partial charge in [0.1, 0.15) is 0 Å². The summed E-state index contributed by atoms with van der Waals surface area (Å²) in [6.45, 7) is 4.96. The molecule has 0 aromatic heterocycles. The van der Waals surface area contributed by atoms with Gasteiger partial charge in [-0.25, -0.2) is 0 Å². The minimum Gasteiger partial charge on any atom is -0.411 e. The van der Waals surface area contributed by atoms with E-state index in [0.717, 1.165) is 11.3 Å². The molecule has 0 spiro atoms. The predicted octanol–water partition coefficient (Wildman–Crippen LogP) is 2.96. The summed E-state index contributed by atoms with van der Waals surface area (Å²) < 4.78 is 0. The van der Waals surface area contributed by atoms with E-state index in [1.54, 1.807) is 23.1 Å². The van der Waals surface area contributed by atoms with Crippen molar-refractivity contribution in [2.24, 2.45) is 11.1 Å². The molecule has 4 nitrogen and oxygen atoms in total. The van der Waals surface area contributed by atoms with Crippen molar-refractivity contribution in [2.45, 2.75) is 20.3 Å². The second-order valence-corrected chi connectivity index (χ2v) is 5.31. The lowest BCUT2D eigenvalue weighted by Crippen LogP contribution is -2.43. The van der Waals surface area contributed by atoms with Crippen molar-refractivity contribution in [3.63, 3.8) is 0 Å². The van der Waals surface area contributed by atoms with Gasteiger partial charge in [0, 0.05) is 36.0 Å². The van der Waals surface area contributed by atoms with Crippen LogP contribution < -0.4 is 0 Å². The van der Waals surface area contributed by atoms with Crippen LogP contribution in [0.25, 0.3) is 0 Å². The standard InChI is InChI=1S/C14H17ClN2O2/c1-9-8-17(7-6-13(9)16-19)14(18)11-4-3-5-12(15)10(11)2/h3-5,9,19H,6-8H2,1-2H3/b16-13+. The highest BCUT2D eigenvalue weighted by atomic mass is 35.5. The van der Waals surface area contributed by atoms with Gasteiger partial charge in [0.25, 0.3) is 5.91 Å². The summed E-state index contributed by atoms with van der Waals surface area (Å²) in [6.07, 6.45) is 0.614. The maximum Gasteiger partial charge on any atom is 0.254 e. The normalized spacial score (nSPS) is 21.7. The molecule has 0 bridgehead atoms. The van der Waals surface area contributed by atoms with Crippen LogP contribution in [-0.4, -0.2) is 34.8 Å². The minimum atomic E-state index is -0.0103. The molecule has 1 fully saturated rings. The zero-order chi connectivity index (χ0) is 14.0. The van der Waals surface area contributed by atoms with E-state index in [0.29, 0.717) is 30.1 Å². The highest BCUT2D eigenvalue weighted by Gasteiger charge is 2.27. The first kappa shape index (κ1) is 13.9. The molecule has 0 aliphatic carbocycles. The molecule has 1 aromatic rings. The van der Waals surface area contributed by atoms with E-state index in [2.05, 4.69) is 5.16 Å². The number of amides is 1. The van der Waals surface area contributed by atoms with Gasteiger partial charge in [-0.3, -0.25) is 4.79 Å². The topological polar surface area (TPSA) is 52.9 Å². The first-order valence-electron chi connectivity index (χ1n) is 6.29. The lowest BCUT2D eigenvalue weighted by atomic mass is 9.96. The largest absolute Gasteiger partial charge is 0.411 e. The van der Waals surface area contributed by atoms with Crippen LogP contribution in [0.1, 0.15) is 29.3 Å². The Hall–Kier alpha value is -1.55. The number of halogens is 1. The number of carbonyl (C=O) groups is 1. The number of oxime groups is 1. The van der Waals surface area contributed by atoms with E-state index in [-0.39, 0.29) is 11.8 Å². The van der Waals surface area contributed by atoms with Crippen LogP contribution in [0.5, 0.6) is 0 Å². The first-order chi connectivity index (χ1) is 9.04. The quantitative estimate of drug-likeness (QED) is 0.635. The number of hydrogen-bond acceptors (Lipinski definition) is 3. The van der Waals surface area contributed by atoms with Crippen LogP contribution >= 0.6 is 11.6 Å². The monoisotopic (exact) mass is 280 g/mol. The molecule has 1 atom stereocenters. The molecule has 102 valence electrons. The molecule has 2 rings (SSSR count). The maximum absolute atomic E-state index is 12.5. The Kier molecular flexibility index (Phi) is 4.10. The summed E-state index contributed by atoms with van der Waals surface area (Å²) in [6, 6.07) is 5.36. The van der Waals surface area contributed by atoms with Crippen LogP contribution in [0.4, 0.5) is 0 Å². The summed E-state index contributed by atoms with van der Waals surface area (Å²) in [7, 11) is 0. The van der Waals surface area contributed by atoms with Gasteiger partial charge in [-0.2, -0.15) is 0 Å². The Balaban J connectivity index is 2.19. The number of likely N-dealkylation sites (tertiary alicyclic amines) is 1. The molecule has 1 aliphatic rings. The molecule has 5 heteroatoms. The van der Waals surface area contributed by atoms with E-state index in [4.69, 9.17) is 16.8 Å². The molecule has 1 amide bonds. The van der Waals surface area contributed by atoms with Crippen LogP contribution in [0.15, 0.2) is 23.4 Å². The van der Waals surface area contributed by atoms with E-state index < -0.39 is 0 Å². The van der Waals surface area contributed by atoms with Gasteiger partial charge >= 0.3 is 0 Å². The molecular formula is C14H17ClN2O2. The summed E-state index contributed by atoms with van der Waals surface area (Å²) in [5.74, 6) is 0.0750. The van der Waals surface area contributed by atoms with Gasteiger partial charge in [-0.05, 0) is 24.6 Å². The summed E-state index contributed by atoms with van der Waals surface area (Å²) in [5.41, 5.74) is 2.21. The van der Waals surface area contributed by atoms with Crippen molar-refractivity contribution < 1.29 is 10.0 Å². The third kappa shape index (κ3) is 2.73. The molecule has 1 aliphatic heterocycles. The molecule has 1 unspecified atom stereocenters. The summed E-state index contributed by atoms with van der Waals surface area (Å²) >= 11 is 6.05. The number of hydrogen-bond donors (Lipinski definition) is 1. The van der Waals surface area contributed by atoms with Crippen LogP contribution in [-0.2, 0) is 0 Å². The molecule has 19 heavy (non-hydrogen) atoms. The predicted molar refractivity (Wildman–Crippen MR) is 75.1 cm³/mol.